The van der Waals surface area contributed by atoms with Crippen LogP contribution in [0.1, 0.15) is 47.4 Å². The van der Waals surface area contributed by atoms with Crippen LogP contribution in [-0.2, 0) is 4.79 Å². The van der Waals surface area contributed by atoms with Crippen LogP contribution < -0.4 is 15.4 Å². The van der Waals surface area contributed by atoms with Gasteiger partial charge >= 0.3 is 0 Å². The number of aryl methyl sites for hydroxylation is 2. The molecule has 9 heteroatoms. The molecule has 2 amide bonds. The van der Waals surface area contributed by atoms with Crippen LogP contribution in [0.25, 0.3) is 5.69 Å². The Labute approximate surface area is 213 Å². The van der Waals surface area contributed by atoms with Crippen molar-refractivity contribution in [1.82, 2.24) is 20.4 Å². The minimum absolute atomic E-state index is 0.116. The van der Waals surface area contributed by atoms with E-state index < -0.39 is 0 Å². The lowest BCUT2D eigenvalue weighted by molar-refractivity contribution is -0.126. The highest BCUT2D eigenvalue weighted by Gasteiger charge is 2.62. The topological polar surface area (TPSA) is 85.3 Å². The first-order valence-corrected chi connectivity index (χ1v) is 12.3. The van der Waals surface area contributed by atoms with Gasteiger partial charge in [-0.15, -0.1) is 0 Å². The molecule has 0 saturated heterocycles. The fourth-order valence-electron chi connectivity index (χ4n) is 5.26. The molecule has 0 atom stereocenters. The Bertz CT molecular complexity index is 1300. The van der Waals surface area contributed by atoms with Crippen molar-refractivity contribution in [3.63, 3.8) is 0 Å². The summed E-state index contributed by atoms with van der Waals surface area (Å²) in [5.41, 5.74) is 2.75. The maximum Gasteiger partial charge on any atom is 0.272 e. The summed E-state index contributed by atoms with van der Waals surface area (Å²) in [7, 11) is 0. The van der Waals surface area contributed by atoms with Gasteiger partial charge in [-0.05, 0) is 69.9 Å². The van der Waals surface area contributed by atoms with Crippen molar-refractivity contribution < 1.29 is 14.3 Å². The first-order valence-electron chi connectivity index (χ1n) is 11.5. The van der Waals surface area contributed by atoms with Gasteiger partial charge in [0.05, 0.1) is 15.7 Å². The van der Waals surface area contributed by atoms with E-state index in [1.54, 1.807) is 28.9 Å². The van der Waals surface area contributed by atoms with E-state index in [4.69, 9.17) is 27.9 Å². The zero-order chi connectivity index (χ0) is 24.8. The van der Waals surface area contributed by atoms with Crippen molar-refractivity contribution in [3.8, 4) is 11.4 Å². The monoisotopic (exact) mass is 512 g/mol. The SMILES string of the molecule is Cc1ccc(-n2nc(C(=O)NC34CCC(NC(=O)COc5ccc(Cl)c(Cl)c5)(C3)C4)cc2C)cc1. The van der Waals surface area contributed by atoms with Crippen molar-refractivity contribution in [2.24, 2.45) is 0 Å². The molecule has 182 valence electrons. The van der Waals surface area contributed by atoms with E-state index in [2.05, 4.69) is 15.7 Å². The van der Waals surface area contributed by atoms with Crippen LogP contribution in [0.15, 0.2) is 48.5 Å². The molecule has 6 rings (SSSR count). The molecule has 2 bridgehead atoms. The highest BCUT2D eigenvalue weighted by atomic mass is 35.5. The van der Waals surface area contributed by atoms with Crippen molar-refractivity contribution in [1.29, 1.82) is 0 Å². The number of fused-ring (bicyclic) bond motifs is 1. The normalized spacial score (nSPS) is 22.4. The van der Waals surface area contributed by atoms with Gasteiger partial charge in [0.2, 0.25) is 0 Å². The second kappa shape index (κ2) is 8.88. The van der Waals surface area contributed by atoms with Gasteiger partial charge in [0.15, 0.2) is 12.3 Å². The van der Waals surface area contributed by atoms with Crippen LogP contribution >= 0.6 is 23.2 Å². The molecule has 2 N–H and O–H groups in total. The average Bonchev–Trinajstić information content (AvgIpc) is 3.46. The highest BCUT2D eigenvalue weighted by molar-refractivity contribution is 6.42. The molecule has 7 nitrogen and oxygen atoms in total. The summed E-state index contributed by atoms with van der Waals surface area (Å²) in [6.45, 7) is 3.85. The number of ether oxygens (including phenoxy) is 1. The Morgan fingerprint density at radius 2 is 1.66 bits per heavy atom. The van der Waals surface area contributed by atoms with E-state index in [9.17, 15) is 9.59 Å². The number of carbonyl (C=O) groups is 2. The fraction of sp³-hybridized carbons (Fsp3) is 0.346. The number of hydrogen-bond acceptors (Lipinski definition) is 4. The number of rotatable bonds is 7. The van der Waals surface area contributed by atoms with E-state index in [1.807, 2.05) is 38.1 Å². The summed E-state index contributed by atoms with van der Waals surface area (Å²) in [4.78, 5) is 25.5. The second-order valence-electron chi connectivity index (χ2n) is 9.70. The number of halogens is 2. The zero-order valence-corrected chi connectivity index (χ0v) is 21.0. The van der Waals surface area contributed by atoms with Crippen molar-refractivity contribution in [2.45, 2.75) is 50.6 Å². The summed E-state index contributed by atoms with van der Waals surface area (Å²) < 4.78 is 7.32. The fourth-order valence-corrected chi connectivity index (χ4v) is 5.55. The third-order valence-corrected chi connectivity index (χ3v) is 7.62. The third-order valence-electron chi connectivity index (χ3n) is 6.88. The quantitative estimate of drug-likeness (QED) is 0.476. The molecule has 1 heterocycles. The number of aromatic nitrogens is 2. The van der Waals surface area contributed by atoms with E-state index in [-0.39, 0.29) is 29.5 Å². The van der Waals surface area contributed by atoms with E-state index in [0.717, 1.165) is 24.2 Å². The van der Waals surface area contributed by atoms with Crippen molar-refractivity contribution >= 4 is 35.0 Å². The molecular weight excluding hydrogens is 487 g/mol. The molecular formula is C26H26Cl2N4O3. The van der Waals surface area contributed by atoms with Crippen LogP contribution in [0.4, 0.5) is 0 Å². The predicted molar refractivity (Wildman–Crippen MR) is 135 cm³/mol. The van der Waals surface area contributed by atoms with Gasteiger partial charge in [0.1, 0.15) is 5.75 Å². The lowest BCUT2D eigenvalue weighted by Gasteiger charge is -2.47. The van der Waals surface area contributed by atoms with Gasteiger partial charge in [-0.25, -0.2) is 4.68 Å². The zero-order valence-electron chi connectivity index (χ0n) is 19.5. The summed E-state index contributed by atoms with van der Waals surface area (Å²) in [6, 6.07) is 14.7. The standard InChI is InChI=1S/C26H26Cl2N4O3/c1-16-3-5-18(6-4-16)32-17(2)11-22(31-32)24(34)30-26-10-9-25(14-26,15-26)29-23(33)13-35-19-7-8-20(27)21(28)12-19/h3-8,11-12H,9-10,13-15H2,1-2H3,(H,29,33)(H,30,34). The van der Waals surface area contributed by atoms with E-state index >= 15 is 0 Å². The van der Waals surface area contributed by atoms with Crippen molar-refractivity contribution in [2.75, 3.05) is 6.61 Å². The Balaban J connectivity index is 1.16. The number of nitrogens with one attached hydrogen (secondary N) is 2. The lowest BCUT2D eigenvalue weighted by atomic mass is 9.71. The van der Waals surface area contributed by atoms with E-state index in [0.29, 0.717) is 34.3 Å². The highest BCUT2D eigenvalue weighted by Crippen LogP contribution is 2.55. The summed E-state index contributed by atoms with van der Waals surface area (Å²) in [6.07, 6.45) is 3.01. The van der Waals surface area contributed by atoms with Crippen LogP contribution in [0.3, 0.4) is 0 Å². The van der Waals surface area contributed by atoms with Gasteiger partial charge in [0, 0.05) is 22.8 Å². The molecule has 0 radical (unpaired) electrons. The molecule has 0 spiro atoms. The number of hydrogen-bond donors (Lipinski definition) is 2. The van der Waals surface area contributed by atoms with Gasteiger partial charge < -0.3 is 15.4 Å². The average molecular weight is 513 g/mol. The van der Waals surface area contributed by atoms with Crippen LogP contribution in [0, 0.1) is 13.8 Å². The number of nitrogens with zero attached hydrogens (tertiary/aromatic N) is 2. The van der Waals surface area contributed by atoms with Gasteiger partial charge in [0.25, 0.3) is 11.8 Å². The number of carbonyl (C=O) groups excluding carboxylic acids is 2. The lowest BCUT2D eigenvalue weighted by Crippen LogP contribution is -2.64. The minimum Gasteiger partial charge on any atom is -0.484 e. The number of amides is 2. The molecule has 35 heavy (non-hydrogen) atoms. The molecule has 3 aliphatic carbocycles. The summed E-state index contributed by atoms with van der Waals surface area (Å²) >= 11 is 11.9. The van der Waals surface area contributed by atoms with Crippen molar-refractivity contribution in [3.05, 3.63) is 75.5 Å². The molecule has 3 fully saturated rings. The van der Waals surface area contributed by atoms with Gasteiger partial charge in [-0.1, -0.05) is 40.9 Å². The van der Waals surface area contributed by atoms with Gasteiger partial charge in [-0.3, -0.25) is 9.59 Å². The minimum atomic E-state index is -0.309. The van der Waals surface area contributed by atoms with Crippen LogP contribution in [0.2, 0.25) is 10.0 Å². The Morgan fingerprint density at radius 1 is 0.971 bits per heavy atom. The van der Waals surface area contributed by atoms with Gasteiger partial charge in [-0.2, -0.15) is 5.10 Å². The Hall–Kier alpha value is -3.03. The summed E-state index contributed by atoms with van der Waals surface area (Å²) in [5.74, 6) is 0.0863. The number of benzene rings is 2. The molecule has 3 aliphatic rings. The van der Waals surface area contributed by atoms with E-state index in [1.165, 1.54) is 5.56 Å². The summed E-state index contributed by atoms with van der Waals surface area (Å²) in [5, 5.41) is 11.6. The maximum atomic E-state index is 13.0. The maximum absolute atomic E-state index is 13.0. The molecule has 0 aliphatic heterocycles. The largest absolute Gasteiger partial charge is 0.484 e. The molecule has 1 aromatic heterocycles. The molecule has 2 aromatic carbocycles. The Kier molecular flexibility index (Phi) is 6.01. The first-order chi connectivity index (χ1) is 16.7. The first kappa shape index (κ1) is 23.7. The Morgan fingerprint density at radius 3 is 2.34 bits per heavy atom. The molecule has 3 aromatic rings. The van der Waals surface area contributed by atoms with Crippen LogP contribution in [-0.4, -0.2) is 39.3 Å². The predicted octanol–water partition coefficient (Wildman–Crippen LogP) is 4.79. The smallest absolute Gasteiger partial charge is 0.272 e. The van der Waals surface area contributed by atoms with Crippen LogP contribution in [0.5, 0.6) is 5.75 Å². The molecule has 0 unspecified atom stereocenters. The molecule has 3 saturated carbocycles. The third kappa shape index (κ3) is 4.75. The second-order valence-corrected chi connectivity index (χ2v) is 10.5.